The van der Waals surface area contributed by atoms with E-state index in [4.69, 9.17) is 5.73 Å². The van der Waals surface area contributed by atoms with E-state index in [9.17, 15) is 0 Å². The van der Waals surface area contributed by atoms with E-state index in [1.54, 1.807) is 0 Å². The molecule has 0 saturated carbocycles. The normalized spacial score (nSPS) is 19.9. The van der Waals surface area contributed by atoms with Crippen LogP contribution in [0.25, 0.3) is 0 Å². The number of nitrogens with two attached hydrogens (primary N) is 1. The summed E-state index contributed by atoms with van der Waals surface area (Å²) in [4.78, 5) is 11.3. The summed E-state index contributed by atoms with van der Waals surface area (Å²) in [5.41, 5.74) is 5.87. The van der Waals surface area contributed by atoms with Gasteiger partial charge in [0.25, 0.3) is 0 Å². The largest absolute Gasteiger partial charge is 0.370 e. The second-order valence-electron chi connectivity index (χ2n) is 4.77. The van der Waals surface area contributed by atoms with Gasteiger partial charge in [0.1, 0.15) is 17.5 Å². The Balaban J connectivity index is 2.24. The van der Waals surface area contributed by atoms with Crippen LogP contribution in [-0.4, -0.2) is 35.6 Å². The Hall–Kier alpha value is -1.36. The zero-order valence-corrected chi connectivity index (χ0v) is 11.3. The standard InChI is InChI=1S/C13H23N5/c1-3-15-12-8-13(17-10(2)16-12)18-7-5-4-6-11(18)9-14/h8,11H,3-7,9,14H2,1-2H3,(H,15,16,17). The SMILES string of the molecule is CCNc1cc(N2CCCCC2CN)nc(C)n1. The zero-order chi connectivity index (χ0) is 13.0. The molecule has 0 aromatic carbocycles. The van der Waals surface area contributed by atoms with Crippen LogP contribution in [0, 0.1) is 6.92 Å². The molecular formula is C13H23N5. The van der Waals surface area contributed by atoms with Crippen LogP contribution < -0.4 is 16.0 Å². The molecule has 1 fully saturated rings. The van der Waals surface area contributed by atoms with Crippen LogP contribution in [0.2, 0.25) is 0 Å². The molecule has 0 amide bonds. The highest BCUT2D eigenvalue weighted by molar-refractivity contribution is 5.50. The Labute approximate surface area is 109 Å². The molecule has 3 N–H and O–H groups in total. The van der Waals surface area contributed by atoms with E-state index >= 15 is 0 Å². The van der Waals surface area contributed by atoms with Crippen molar-refractivity contribution in [3.63, 3.8) is 0 Å². The van der Waals surface area contributed by atoms with Gasteiger partial charge in [0.2, 0.25) is 0 Å². The van der Waals surface area contributed by atoms with Gasteiger partial charge in [-0.2, -0.15) is 0 Å². The van der Waals surface area contributed by atoms with E-state index in [1.165, 1.54) is 12.8 Å². The molecule has 18 heavy (non-hydrogen) atoms. The van der Waals surface area contributed by atoms with Crippen LogP contribution in [0.5, 0.6) is 0 Å². The zero-order valence-electron chi connectivity index (χ0n) is 11.3. The third kappa shape index (κ3) is 2.90. The lowest BCUT2D eigenvalue weighted by Crippen LogP contribution is -2.44. The molecule has 1 aliphatic rings. The van der Waals surface area contributed by atoms with Crippen molar-refractivity contribution in [2.45, 2.75) is 39.2 Å². The Morgan fingerprint density at radius 1 is 1.44 bits per heavy atom. The number of aryl methyl sites for hydroxylation is 1. The summed E-state index contributed by atoms with van der Waals surface area (Å²) in [5.74, 6) is 2.72. The fraction of sp³-hybridized carbons (Fsp3) is 0.692. The number of hydrogen-bond donors (Lipinski definition) is 2. The van der Waals surface area contributed by atoms with Gasteiger partial charge < -0.3 is 16.0 Å². The van der Waals surface area contributed by atoms with Gasteiger partial charge in [-0.15, -0.1) is 0 Å². The van der Waals surface area contributed by atoms with Crippen molar-refractivity contribution < 1.29 is 0 Å². The molecule has 1 aromatic rings. The summed E-state index contributed by atoms with van der Waals surface area (Å²) in [6, 6.07) is 2.45. The first kappa shape index (κ1) is 13.1. The number of piperidine rings is 1. The van der Waals surface area contributed by atoms with Gasteiger partial charge in [0.05, 0.1) is 0 Å². The molecule has 2 heterocycles. The van der Waals surface area contributed by atoms with Crippen molar-refractivity contribution in [2.24, 2.45) is 5.73 Å². The van der Waals surface area contributed by atoms with Gasteiger partial charge in [0.15, 0.2) is 0 Å². The predicted molar refractivity (Wildman–Crippen MR) is 75.0 cm³/mol. The van der Waals surface area contributed by atoms with Gasteiger partial charge >= 0.3 is 0 Å². The van der Waals surface area contributed by atoms with Crippen LogP contribution >= 0.6 is 0 Å². The number of hydrogen-bond acceptors (Lipinski definition) is 5. The molecule has 1 aliphatic heterocycles. The molecular weight excluding hydrogens is 226 g/mol. The van der Waals surface area contributed by atoms with Gasteiger partial charge in [-0.3, -0.25) is 0 Å². The van der Waals surface area contributed by atoms with E-state index in [0.717, 1.165) is 37.0 Å². The van der Waals surface area contributed by atoms with Crippen LogP contribution in [0.3, 0.4) is 0 Å². The topological polar surface area (TPSA) is 67.1 Å². The molecule has 0 radical (unpaired) electrons. The van der Waals surface area contributed by atoms with Crippen LogP contribution in [0.15, 0.2) is 6.07 Å². The Morgan fingerprint density at radius 3 is 3.00 bits per heavy atom. The summed E-state index contributed by atoms with van der Waals surface area (Å²) in [6.07, 6.45) is 3.65. The predicted octanol–water partition coefficient (Wildman–Crippen LogP) is 1.53. The number of anilines is 2. The second-order valence-corrected chi connectivity index (χ2v) is 4.77. The highest BCUT2D eigenvalue weighted by Gasteiger charge is 2.22. The van der Waals surface area contributed by atoms with Crippen LogP contribution in [0.4, 0.5) is 11.6 Å². The minimum Gasteiger partial charge on any atom is -0.370 e. The highest BCUT2D eigenvalue weighted by atomic mass is 15.2. The number of nitrogens with zero attached hydrogens (tertiary/aromatic N) is 3. The molecule has 0 aliphatic carbocycles. The van der Waals surface area contributed by atoms with Crippen molar-refractivity contribution in [3.8, 4) is 0 Å². The van der Waals surface area contributed by atoms with Crippen molar-refractivity contribution in [3.05, 3.63) is 11.9 Å². The fourth-order valence-electron chi connectivity index (χ4n) is 2.52. The van der Waals surface area contributed by atoms with Crippen molar-refractivity contribution in [1.82, 2.24) is 9.97 Å². The first-order valence-corrected chi connectivity index (χ1v) is 6.81. The van der Waals surface area contributed by atoms with Gasteiger partial charge in [-0.1, -0.05) is 0 Å². The number of rotatable bonds is 4. The third-order valence-electron chi connectivity index (χ3n) is 3.38. The minimum atomic E-state index is 0.419. The number of aromatic nitrogens is 2. The molecule has 1 saturated heterocycles. The Kier molecular flexibility index (Phi) is 4.36. The molecule has 100 valence electrons. The van der Waals surface area contributed by atoms with Crippen molar-refractivity contribution >= 4 is 11.6 Å². The second kappa shape index (κ2) is 6.00. The lowest BCUT2D eigenvalue weighted by Gasteiger charge is -2.36. The molecule has 0 bridgehead atoms. The molecule has 5 nitrogen and oxygen atoms in total. The molecule has 5 heteroatoms. The lowest BCUT2D eigenvalue weighted by atomic mass is 10.0. The monoisotopic (exact) mass is 249 g/mol. The van der Waals surface area contributed by atoms with E-state index < -0.39 is 0 Å². The maximum absolute atomic E-state index is 5.87. The van der Waals surface area contributed by atoms with E-state index in [1.807, 2.05) is 13.0 Å². The molecule has 1 unspecified atom stereocenters. The molecule has 1 aromatic heterocycles. The summed E-state index contributed by atoms with van der Waals surface area (Å²) in [6.45, 7) is 6.62. The Morgan fingerprint density at radius 2 is 2.28 bits per heavy atom. The highest BCUT2D eigenvalue weighted by Crippen LogP contribution is 2.24. The summed E-state index contributed by atoms with van der Waals surface area (Å²) >= 11 is 0. The van der Waals surface area contributed by atoms with Gasteiger partial charge in [0, 0.05) is 31.7 Å². The third-order valence-corrected chi connectivity index (χ3v) is 3.38. The van der Waals surface area contributed by atoms with Crippen molar-refractivity contribution in [1.29, 1.82) is 0 Å². The van der Waals surface area contributed by atoms with E-state index in [2.05, 4.69) is 27.1 Å². The van der Waals surface area contributed by atoms with Gasteiger partial charge in [-0.05, 0) is 33.1 Å². The number of nitrogens with one attached hydrogen (secondary N) is 1. The average Bonchev–Trinajstić information content (AvgIpc) is 2.38. The first-order valence-electron chi connectivity index (χ1n) is 6.81. The quantitative estimate of drug-likeness (QED) is 0.847. The maximum atomic E-state index is 5.87. The summed E-state index contributed by atoms with van der Waals surface area (Å²) < 4.78 is 0. The van der Waals surface area contributed by atoms with E-state index in [-0.39, 0.29) is 0 Å². The lowest BCUT2D eigenvalue weighted by molar-refractivity contribution is 0.461. The molecule has 2 rings (SSSR count). The maximum Gasteiger partial charge on any atom is 0.134 e. The Bertz CT molecular complexity index is 393. The smallest absolute Gasteiger partial charge is 0.134 e. The van der Waals surface area contributed by atoms with Crippen LogP contribution in [-0.2, 0) is 0 Å². The average molecular weight is 249 g/mol. The molecule has 0 spiro atoms. The summed E-state index contributed by atoms with van der Waals surface area (Å²) in [5, 5.41) is 3.25. The van der Waals surface area contributed by atoms with Gasteiger partial charge in [-0.25, -0.2) is 9.97 Å². The summed E-state index contributed by atoms with van der Waals surface area (Å²) in [7, 11) is 0. The first-order chi connectivity index (χ1) is 8.74. The molecule has 1 atom stereocenters. The minimum absolute atomic E-state index is 0.419. The van der Waals surface area contributed by atoms with E-state index in [0.29, 0.717) is 12.6 Å². The van der Waals surface area contributed by atoms with Crippen molar-refractivity contribution in [2.75, 3.05) is 29.9 Å². The van der Waals surface area contributed by atoms with Crippen LogP contribution in [0.1, 0.15) is 32.0 Å². The fourth-order valence-corrected chi connectivity index (χ4v) is 2.52.